The molecule has 0 saturated heterocycles. The van der Waals surface area contributed by atoms with Crippen LogP contribution in [0, 0.1) is 12.7 Å². The van der Waals surface area contributed by atoms with Gasteiger partial charge in [0.2, 0.25) is 0 Å². The molecular weight excluding hydrogens is 311 g/mol. The number of halogens is 3. The summed E-state index contributed by atoms with van der Waals surface area (Å²) in [5, 5.41) is -0.286. The Labute approximate surface area is 111 Å². The highest BCUT2D eigenvalue weighted by atomic mass is 79.9. The summed E-state index contributed by atoms with van der Waals surface area (Å²) < 4.78 is 13.9. The van der Waals surface area contributed by atoms with Gasteiger partial charge in [0.15, 0.2) is 0 Å². The molecule has 2 rings (SSSR count). The number of rotatable bonds is 2. The van der Waals surface area contributed by atoms with Gasteiger partial charge in [0.05, 0.1) is 5.38 Å². The number of thiophene rings is 1. The van der Waals surface area contributed by atoms with Gasteiger partial charge in [0, 0.05) is 14.2 Å². The van der Waals surface area contributed by atoms with Crippen LogP contribution < -0.4 is 0 Å². The van der Waals surface area contributed by atoms with Gasteiger partial charge < -0.3 is 0 Å². The Kier molecular flexibility index (Phi) is 3.67. The Balaban J connectivity index is 2.37. The van der Waals surface area contributed by atoms with Crippen molar-refractivity contribution in [2.75, 3.05) is 0 Å². The second kappa shape index (κ2) is 4.86. The molecule has 0 amide bonds. The van der Waals surface area contributed by atoms with E-state index in [0.29, 0.717) is 4.47 Å². The average molecular weight is 320 g/mol. The molecule has 0 fully saturated rings. The van der Waals surface area contributed by atoms with Crippen LogP contribution in [0.15, 0.2) is 34.8 Å². The van der Waals surface area contributed by atoms with Crippen molar-refractivity contribution in [3.63, 3.8) is 0 Å². The molecule has 2 aromatic rings. The zero-order valence-electron chi connectivity index (χ0n) is 8.51. The number of aryl methyl sites for hydroxylation is 1. The quantitative estimate of drug-likeness (QED) is 0.660. The summed E-state index contributed by atoms with van der Waals surface area (Å²) in [6.45, 7) is 2.03. The molecule has 84 valence electrons. The summed E-state index contributed by atoms with van der Waals surface area (Å²) in [6, 6.07) is 8.74. The van der Waals surface area contributed by atoms with Crippen molar-refractivity contribution >= 4 is 38.9 Å². The third-order valence-corrected chi connectivity index (χ3v) is 4.33. The number of hydrogen-bond donors (Lipinski definition) is 0. The Morgan fingerprint density at radius 3 is 2.62 bits per heavy atom. The Hall–Kier alpha value is -0.380. The van der Waals surface area contributed by atoms with Crippen molar-refractivity contribution in [3.05, 3.63) is 55.9 Å². The molecule has 16 heavy (non-hydrogen) atoms. The van der Waals surface area contributed by atoms with Crippen LogP contribution in [0.1, 0.15) is 20.7 Å². The highest BCUT2D eigenvalue weighted by Gasteiger charge is 2.14. The molecule has 4 heteroatoms. The van der Waals surface area contributed by atoms with Gasteiger partial charge in [-0.05, 0) is 42.8 Å². The highest BCUT2D eigenvalue weighted by molar-refractivity contribution is 9.10. The predicted octanol–water partition coefficient (Wildman–Crippen LogP) is 5.29. The maximum Gasteiger partial charge on any atom is 0.124 e. The summed E-state index contributed by atoms with van der Waals surface area (Å²) in [7, 11) is 0. The Morgan fingerprint density at radius 1 is 1.31 bits per heavy atom. The summed E-state index contributed by atoms with van der Waals surface area (Å²) in [4.78, 5) is 2.24. The summed E-state index contributed by atoms with van der Waals surface area (Å²) >= 11 is 11.2. The normalized spacial score (nSPS) is 12.8. The van der Waals surface area contributed by atoms with E-state index in [1.807, 2.05) is 25.1 Å². The Bertz CT molecular complexity index is 489. The highest BCUT2D eigenvalue weighted by Crippen LogP contribution is 2.34. The largest absolute Gasteiger partial charge is 0.207 e. The van der Waals surface area contributed by atoms with E-state index in [-0.39, 0.29) is 11.2 Å². The third kappa shape index (κ3) is 2.65. The zero-order chi connectivity index (χ0) is 11.7. The SMILES string of the molecule is Cc1ccc(C(Cl)c2cc(F)cc(Br)c2)s1. The molecule has 1 unspecified atom stereocenters. The molecule has 0 aliphatic heterocycles. The van der Waals surface area contributed by atoms with E-state index in [2.05, 4.69) is 15.9 Å². The van der Waals surface area contributed by atoms with Crippen LogP contribution in [0.25, 0.3) is 0 Å². The van der Waals surface area contributed by atoms with Crippen molar-refractivity contribution in [2.24, 2.45) is 0 Å². The van der Waals surface area contributed by atoms with Gasteiger partial charge in [0.25, 0.3) is 0 Å². The van der Waals surface area contributed by atoms with E-state index in [4.69, 9.17) is 11.6 Å². The standard InChI is InChI=1S/C12H9BrClFS/c1-7-2-3-11(16-7)12(14)8-4-9(13)6-10(15)5-8/h2-6,12H,1H3. The molecule has 0 nitrogen and oxygen atoms in total. The summed E-state index contributed by atoms with van der Waals surface area (Å²) in [5.41, 5.74) is 0.774. The van der Waals surface area contributed by atoms with Crippen LogP contribution in [-0.2, 0) is 0 Å². The van der Waals surface area contributed by atoms with Gasteiger partial charge in [-0.15, -0.1) is 22.9 Å². The van der Waals surface area contributed by atoms with Crippen molar-refractivity contribution in [1.82, 2.24) is 0 Å². The molecular formula is C12H9BrClFS. The number of benzene rings is 1. The zero-order valence-corrected chi connectivity index (χ0v) is 11.7. The van der Waals surface area contributed by atoms with E-state index in [9.17, 15) is 4.39 Å². The van der Waals surface area contributed by atoms with Crippen molar-refractivity contribution in [2.45, 2.75) is 12.3 Å². The lowest BCUT2D eigenvalue weighted by Gasteiger charge is -2.08. The number of alkyl halides is 1. The van der Waals surface area contributed by atoms with Crippen molar-refractivity contribution in [3.8, 4) is 0 Å². The van der Waals surface area contributed by atoms with Gasteiger partial charge in [-0.1, -0.05) is 15.9 Å². The lowest BCUT2D eigenvalue weighted by atomic mass is 10.1. The number of hydrogen-bond acceptors (Lipinski definition) is 1. The van der Waals surface area contributed by atoms with E-state index in [0.717, 1.165) is 10.4 Å². The van der Waals surface area contributed by atoms with Crippen molar-refractivity contribution in [1.29, 1.82) is 0 Å². The fraction of sp³-hybridized carbons (Fsp3) is 0.167. The molecule has 1 aromatic carbocycles. The monoisotopic (exact) mass is 318 g/mol. The summed E-state index contributed by atoms with van der Waals surface area (Å²) in [5.74, 6) is -0.275. The van der Waals surface area contributed by atoms with Gasteiger partial charge in [-0.25, -0.2) is 4.39 Å². The van der Waals surface area contributed by atoms with Crippen LogP contribution >= 0.6 is 38.9 Å². The topological polar surface area (TPSA) is 0 Å². The fourth-order valence-electron chi connectivity index (χ4n) is 1.48. The molecule has 0 saturated carbocycles. The minimum absolute atomic E-state index is 0.275. The molecule has 1 aromatic heterocycles. The minimum atomic E-state index is -0.286. The van der Waals surface area contributed by atoms with Crippen LogP contribution in [-0.4, -0.2) is 0 Å². The average Bonchev–Trinajstić information content (AvgIpc) is 2.62. The first kappa shape index (κ1) is 12.1. The van der Waals surface area contributed by atoms with Gasteiger partial charge in [-0.2, -0.15) is 0 Å². The van der Waals surface area contributed by atoms with E-state index < -0.39 is 0 Å². The molecule has 1 heterocycles. The lowest BCUT2D eigenvalue weighted by molar-refractivity contribution is 0.625. The first-order valence-electron chi connectivity index (χ1n) is 4.72. The first-order valence-corrected chi connectivity index (χ1v) is 6.77. The first-order chi connectivity index (χ1) is 7.56. The Morgan fingerprint density at radius 2 is 2.06 bits per heavy atom. The molecule has 1 atom stereocenters. The van der Waals surface area contributed by atoms with Crippen LogP contribution in [0.3, 0.4) is 0 Å². The predicted molar refractivity (Wildman–Crippen MR) is 70.9 cm³/mol. The second-order valence-electron chi connectivity index (χ2n) is 3.51. The maximum atomic E-state index is 13.2. The maximum absolute atomic E-state index is 13.2. The van der Waals surface area contributed by atoms with Crippen molar-refractivity contribution < 1.29 is 4.39 Å². The fourth-order valence-corrected chi connectivity index (χ4v) is 3.17. The molecule has 0 spiro atoms. The molecule has 0 radical (unpaired) electrons. The molecule has 0 aliphatic carbocycles. The second-order valence-corrected chi connectivity index (χ2v) is 6.19. The van der Waals surface area contributed by atoms with E-state index in [1.165, 1.54) is 17.0 Å². The lowest BCUT2D eigenvalue weighted by Crippen LogP contribution is -1.91. The van der Waals surface area contributed by atoms with Crippen LogP contribution in [0.5, 0.6) is 0 Å². The van der Waals surface area contributed by atoms with Gasteiger partial charge >= 0.3 is 0 Å². The van der Waals surface area contributed by atoms with Crippen LogP contribution in [0.2, 0.25) is 0 Å². The molecule has 0 aliphatic rings. The van der Waals surface area contributed by atoms with E-state index >= 15 is 0 Å². The van der Waals surface area contributed by atoms with Gasteiger partial charge in [0.1, 0.15) is 5.82 Å². The van der Waals surface area contributed by atoms with Gasteiger partial charge in [-0.3, -0.25) is 0 Å². The van der Waals surface area contributed by atoms with Crippen LogP contribution in [0.4, 0.5) is 4.39 Å². The molecule has 0 N–H and O–H groups in total. The third-order valence-electron chi connectivity index (χ3n) is 2.19. The molecule has 0 bridgehead atoms. The smallest absolute Gasteiger partial charge is 0.124 e. The minimum Gasteiger partial charge on any atom is -0.207 e. The van der Waals surface area contributed by atoms with E-state index in [1.54, 1.807) is 11.3 Å². The summed E-state index contributed by atoms with van der Waals surface area (Å²) in [6.07, 6.45) is 0.